The molecule has 1 saturated heterocycles. The van der Waals surface area contributed by atoms with Crippen LogP contribution >= 0.6 is 0 Å². The number of imide groups is 1. The maximum atomic E-state index is 11.6. The number of aryl methyl sites for hydroxylation is 1. The number of hydrogen-bond acceptors (Lipinski definition) is 5. The van der Waals surface area contributed by atoms with Gasteiger partial charge in [0.25, 0.3) is 11.8 Å². The lowest BCUT2D eigenvalue weighted by Crippen LogP contribution is -2.31. The first kappa shape index (κ1) is 15.5. The van der Waals surface area contributed by atoms with E-state index in [1.54, 1.807) is 12.1 Å². The molecule has 0 radical (unpaired) electrons. The van der Waals surface area contributed by atoms with Crippen molar-refractivity contribution < 1.29 is 19.2 Å². The summed E-state index contributed by atoms with van der Waals surface area (Å²) in [5.74, 6) is -1.62. The fourth-order valence-corrected chi connectivity index (χ4v) is 2.10. The van der Waals surface area contributed by atoms with Gasteiger partial charge in [0.2, 0.25) is 0 Å². The fourth-order valence-electron chi connectivity index (χ4n) is 2.10. The molecule has 1 aromatic rings. The molecule has 0 saturated carbocycles. The lowest BCUT2D eigenvalue weighted by molar-refractivity contribution is -0.197. The van der Waals surface area contributed by atoms with Gasteiger partial charge in [-0.3, -0.25) is 9.59 Å². The van der Waals surface area contributed by atoms with E-state index in [4.69, 9.17) is 10.4 Å². The van der Waals surface area contributed by atoms with Gasteiger partial charge in [0.05, 0.1) is 0 Å². The minimum atomic E-state index is -0.634. The summed E-state index contributed by atoms with van der Waals surface area (Å²) in [5.41, 5.74) is 9.82. The van der Waals surface area contributed by atoms with Crippen molar-refractivity contribution in [3.8, 4) is 0 Å². The molecule has 0 N–H and O–H groups in total. The van der Waals surface area contributed by atoms with E-state index in [1.807, 2.05) is 12.1 Å². The van der Waals surface area contributed by atoms with Crippen LogP contribution in [-0.4, -0.2) is 22.8 Å². The van der Waals surface area contributed by atoms with Gasteiger partial charge in [0.15, 0.2) is 0 Å². The van der Waals surface area contributed by atoms with Gasteiger partial charge in [-0.1, -0.05) is 29.4 Å². The van der Waals surface area contributed by atoms with Gasteiger partial charge >= 0.3 is 5.97 Å². The number of carbonyl (C=O) groups excluding carboxylic acids is 3. The summed E-state index contributed by atoms with van der Waals surface area (Å²) in [6.45, 7) is 0. The summed E-state index contributed by atoms with van der Waals surface area (Å²) in [6, 6.07) is 7.07. The first-order chi connectivity index (χ1) is 10.6. The molecule has 8 heteroatoms. The maximum Gasteiger partial charge on any atom is 0.333 e. The smallest absolute Gasteiger partial charge is 0.330 e. The van der Waals surface area contributed by atoms with Gasteiger partial charge in [-0.2, -0.15) is 0 Å². The molecule has 0 atom stereocenters. The van der Waals surface area contributed by atoms with Gasteiger partial charge in [-0.05, 0) is 23.9 Å². The average Bonchev–Trinajstić information content (AvgIpc) is 2.81. The van der Waals surface area contributed by atoms with Crippen molar-refractivity contribution >= 4 is 23.5 Å². The molecule has 0 aliphatic carbocycles. The van der Waals surface area contributed by atoms with Crippen LogP contribution in [-0.2, 0) is 25.6 Å². The number of benzene rings is 1. The van der Waals surface area contributed by atoms with Gasteiger partial charge in [0, 0.05) is 29.9 Å². The van der Waals surface area contributed by atoms with Crippen LogP contribution in [0.15, 0.2) is 29.4 Å². The summed E-state index contributed by atoms with van der Waals surface area (Å²) in [4.78, 5) is 41.8. The van der Waals surface area contributed by atoms with E-state index in [9.17, 15) is 14.4 Å². The minimum absolute atomic E-state index is 0.0572. The van der Waals surface area contributed by atoms with Gasteiger partial charge in [0.1, 0.15) is 0 Å². The van der Waals surface area contributed by atoms with Crippen LogP contribution in [0.2, 0.25) is 0 Å². The molecular weight excluding hydrogens is 288 g/mol. The molecule has 1 aliphatic rings. The highest BCUT2D eigenvalue weighted by Crippen LogP contribution is 2.21. The van der Waals surface area contributed by atoms with E-state index in [-0.39, 0.29) is 19.3 Å². The van der Waals surface area contributed by atoms with Crippen LogP contribution in [0, 0.1) is 0 Å². The first-order valence-electron chi connectivity index (χ1n) is 6.81. The van der Waals surface area contributed by atoms with Crippen LogP contribution in [0.4, 0.5) is 5.69 Å². The first-order valence-corrected chi connectivity index (χ1v) is 6.81. The number of carbonyl (C=O) groups is 3. The molecule has 2 amide bonds. The van der Waals surface area contributed by atoms with Crippen LogP contribution in [0.25, 0.3) is 10.4 Å². The SMILES string of the molecule is [N-]=[N+]=Nc1ccccc1CCCC(=O)ON1C(=O)CCC1=O. The van der Waals surface area contributed by atoms with Gasteiger partial charge < -0.3 is 4.84 Å². The lowest BCUT2D eigenvalue weighted by Gasteiger charge is -2.12. The van der Waals surface area contributed by atoms with E-state index < -0.39 is 17.8 Å². The summed E-state index contributed by atoms with van der Waals surface area (Å²) in [5, 5.41) is 4.11. The second-order valence-corrected chi connectivity index (χ2v) is 4.72. The Morgan fingerprint density at radius 3 is 2.64 bits per heavy atom. The molecule has 1 aliphatic heterocycles. The minimum Gasteiger partial charge on any atom is -0.330 e. The van der Waals surface area contributed by atoms with Crippen molar-refractivity contribution in [2.75, 3.05) is 0 Å². The lowest BCUT2D eigenvalue weighted by atomic mass is 10.1. The van der Waals surface area contributed by atoms with Crippen molar-refractivity contribution in [3.05, 3.63) is 40.3 Å². The zero-order valence-electron chi connectivity index (χ0n) is 11.8. The Balaban J connectivity index is 1.84. The maximum absolute atomic E-state index is 11.6. The summed E-state index contributed by atoms with van der Waals surface area (Å²) in [7, 11) is 0. The Hall–Kier alpha value is -2.86. The van der Waals surface area contributed by atoms with Crippen molar-refractivity contribution in [1.82, 2.24) is 5.06 Å². The molecule has 1 heterocycles. The number of hydrogen-bond donors (Lipinski definition) is 0. The Morgan fingerprint density at radius 2 is 1.95 bits per heavy atom. The predicted octanol–water partition coefficient (Wildman–Crippen LogP) is 2.56. The quantitative estimate of drug-likeness (QED) is 0.348. The molecule has 22 heavy (non-hydrogen) atoms. The molecule has 8 nitrogen and oxygen atoms in total. The highest BCUT2D eigenvalue weighted by Gasteiger charge is 2.32. The molecule has 2 rings (SSSR count). The fraction of sp³-hybridized carbons (Fsp3) is 0.357. The van der Waals surface area contributed by atoms with Crippen molar-refractivity contribution in [3.63, 3.8) is 0 Å². The van der Waals surface area contributed by atoms with Crippen LogP contribution in [0.3, 0.4) is 0 Å². The Labute approximate surface area is 126 Å². The molecular formula is C14H14N4O4. The average molecular weight is 302 g/mol. The van der Waals surface area contributed by atoms with Crippen LogP contribution in [0.1, 0.15) is 31.2 Å². The number of nitrogens with zero attached hydrogens (tertiary/aromatic N) is 4. The molecule has 114 valence electrons. The molecule has 1 fully saturated rings. The Morgan fingerprint density at radius 1 is 1.27 bits per heavy atom. The zero-order chi connectivity index (χ0) is 15.9. The third kappa shape index (κ3) is 3.83. The summed E-state index contributed by atoms with van der Waals surface area (Å²) >= 11 is 0. The van der Waals surface area contributed by atoms with E-state index in [1.165, 1.54) is 0 Å². The molecule has 1 aromatic carbocycles. The third-order valence-corrected chi connectivity index (χ3v) is 3.17. The highest BCUT2D eigenvalue weighted by atomic mass is 16.7. The Kier molecular flexibility index (Phi) is 5.11. The topological polar surface area (TPSA) is 112 Å². The largest absolute Gasteiger partial charge is 0.333 e. The normalized spacial score (nSPS) is 13.9. The van der Waals surface area contributed by atoms with Crippen LogP contribution in [0.5, 0.6) is 0 Å². The number of azide groups is 1. The predicted molar refractivity (Wildman–Crippen MR) is 75.4 cm³/mol. The molecule has 0 bridgehead atoms. The summed E-state index contributed by atoms with van der Waals surface area (Å²) in [6.07, 6.45) is 1.18. The van der Waals surface area contributed by atoms with Crippen molar-refractivity contribution in [2.24, 2.45) is 5.11 Å². The molecule has 0 spiro atoms. The molecule has 0 aromatic heterocycles. The van der Waals surface area contributed by atoms with Crippen molar-refractivity contribution in [1.29, 1.82) is 0 Å². The summed E-state index contributed by atoms with van der Waals surface area (Å²) < 4.78 is 0. The van der Waals surface area contributed by atoms with E-state index in [0.717, 1.165) is 5.56 Å². The van der Waals surface area contributed by atoms with E-state index in [0.29, 0.717) is 23.6 Å². The highest BCUT2D eigenvalue weighted by molar-refractivity contribution is 6.01. The number of amides is 2. The number of rotatable bonds is 6. The number of hydroxylamine groups is 2. The van der Waals surface area contributed by atoms with Crippen LogP contribution < -0.4 is 0 Å². The molecule has 0 unspecified atom stereocenters. The van der Waals surface area contributed by atoms with E-state index in [2.05, 4.69) is 10.0 Å². The standard InChI is InChI=1S/C14H14N4O4/c15-17-16-11-6-2-1-4-10(11)5-3-7-14(21)22-18-12(19)8-9-13(18)20/h1-2,4,6H,3,5,7-9H2. The zero-order valence-corrected chi connectivity index (χ0v) is 11.8. The second-order valence-electron chi connectivity index (χ2n) is 4.72. The second kappa shape index (κ2) is 7.24. The van der Waals surface area contributed by atoms with E-state index >= 15 is 0 Å². The van der Waals surface area contributed by atoms with Gasteiger partial charge in [-0.15, -0.1) is 5.06 Å². The third-order valence-electron chi connectivity index (χ3n) is 3.17. The Bertz CT molecular complexity index is 636. The monoisotopic (exact) mass is 302 g/mol. The van der Waals surface area contributed by atoms with Crippen molar-refractivity contribution in [2.45, 2.75) is 32.1 Å². The van der Waals surface area contributed by atoms with Gasteiger partial charge in [-0.25, -0.2) is 4.79 Å².